The third-order valence-electron chi connectivity index (χ3n) is 4.45. The Kier molecular flexibility index (Phi) is 7.98. The standard InChI is InChI=1S/C21H24FN5.HI/c1-15-20(16(2)27(26-15)19-10-5-4-6-11-19)14-25-21(23-3)24-13-17-8-7-9-18(22)12-17;/h4-12H,13-14H2,1-3H3,(H2,23,24,25);1H. The van der Waals surface area contributed by atoms with E-state index >= 15 is 0 Å². The first-order valence-electron chi connectivity index (χ1n) is 8.88. The molecule has 7 heteroatoms. The number of aryl methyl sites for hydroxylation is 1. The number of aromatic nitrogens is 2. The number of hydrogen-bond donors (Lipinski definition) is 2. The van der Waals surface area contributed by atoms with Crippen molar-refractivity contribution in [2.75, 3.05) is 7.05 Å². The van der Waals surface area contributed by atoms with Crippen molar-refractivity contribution < 1.29 is 4.39 Å². The number of nitrogens with zero attached hydrogens (tertiary/aromatic N) is 3. The molecule has 3 aromatic rings. The van der Waals surface area contributed by atoms with Gasteiger partial charge in [0.25, 0.3) is 0 Å². The molecule has 0 unspecified atom stereocenters. The third kappa shape index (κ3) is 5.31. The van der Waals surface area contributed by atoms with E-state index in [0.29, 0.717) is 19.0 Å². The molecule has 2 N–H and O–H groups in total. The molecule has 0 spiro atoms. The van der Waals surface area contributed by atoms with E-state index in [1.165, 1.54) is 12.1 Å². The Morgan fingerprint density at radius 2 is 1.75 bits per heavy atom. The summed E-state index contributed by atoms with van der Waals surface area (Å²) in [6.45, 7) is 5.17. The smallest absolute Gasteiger partial charge is 0.191 e. The van der Waals surface area contributed by atoms with Crippen LogP contribution in [-0.2, 0) is 13.1 Å². The van der Waals surface area contributed by atoms with Crippen molar-refractivity contribution in [3.8, 4) is 5.69 Å². The van der Waals surface area contributed by atoms with E-state index < -0.39 is 0 Å². The molecule has 0 saturated heterocycles. The van der Waals surface area contributed by atoms with Crippen LogP contribution in [-0.4, -0.2) is 22.8 Å². The zero-order valence-electron chi connectivity index (χ0n) is 16.2. The van der Waals surface area contributed by atoms with Crippen molar-refractivity contribution in [1.29, 1.82) is 0 Å². The quantitative estimate of drug-likeness (QED) is 0.320. The van der Waals surface area contributed by atoms with Gasteiger partial charge in [0.2, 0.25) is 0 Å². The van der Waals surface area contributed by atoms with Crippen molar-refractivity contribution in [2.45, 2.75) is 26.9 Å². The topological polar surface area (TPSA) is 54.2 Å². The normalized spacial score (nSPS) is 11.1. The van der Waals surface area contributed by atoms with Gasteiger partial charge in [-0.2, -0.15) is 5.10 Å². The van der Waals surface area contributed by atoms with Crippen LogP contribution in [0.4, 0.5) is 4.39 Å². The summed E-state index contributed by atoms with van der Waals surface area (Å²) in [6, 6.07) is 16.6. The van der Waals surface area contributed by atoms with Gasteiger partial charge in [0, 0.05) is 31.4 Å². The third-order valence-corrected chi connectivity index (χ3v) is 4.45. The first-order chi connectivity index (χ1) is 13.1. The van der Waals surface area contributed by atoms with E-state index in [1.807, 2.05) is 48.0 Å². The summed E-state index contributed by atoms with van der Waals surface area (Å²) in [5.74, 6) is 0.419. The van der Waals surface area contributed by atoms with Crippen LogP contribution in [0.1, 0.15) is 22.5 Å². The molecular formula is C21H25FIN5. The van der Waals surface area contributed by atoms with E-state index in [9.17, 15) is 4.39 Å². The van der Waals surface area contributed by atoms with Gasteiger partial charge >= 0.3 is 0 Å². The molecule has 28 heavy (non-hydrogen) atoms. The fourth-order valence-corrected chi connectivity index (χ4v) is 2.98. The minimum Gasteiger partial charge on any atom is -0.352 e. The SMILES string of the molecule is CN=C(NCc1cccc(F)c1)NCc1c(C)nn(-c2ccccc2)c1C.I. The Balaban J connectivity index is 0.00000280. The number of halogens is 2. The second-order valence-electron chi connectivity index (χ2n) is 6.31. The number of nitrogens with one attached hydrogen (secondary N) is 2. The molecule has 0 fully saturated rings. The maximum Gasteiger partial charge on any atom is 0.191 e. The minimum absolute atomic E-state index is 0. The van der Waals surface area contributed by atoms with Crippen LogP contribution in [0.15, 0.2) is 59.6 Å². The van der Waals surface area contributed by atoms with Crippen LogP contribution in [0.25, 0.3) is 5.69 Å². The summed E-state index contributed by atoms with van der Waals surface area (Å²) < 4.78 is 15.2. The Morgan fingerprint density at radius 1 is 1.04 bits per heavy atom. The summed E-state index contributed by atoms with van der Waals surface area (Å²) in [6.07, 6.45) is 0. The number of rotatable bonds is 5. The fourth-order valence-electron chi connectivity index (χ4n) is 2.98. The van der Waals surface area contributed by atoms with Crippen LogP contribution in [0.2, 0.25) is 0 Å². The molecule has 0 bridgehead atoms. The molecule has 0 amide bonds. The van der Waals surface area contributed by atoms with Crippen molar-refractivity contribution in [3.05, 3.63) is 82.9 Å². The van der Waals surface area contributed by atoms with Crippen LogP contribution < -0.4 is 10.6 Å². The molecule has 148 valence electrons. The van der Waals surface area contributed by atoms with Crippen LogP contribution >= 0.6 is 24.0 Å². The summed E-state index contributed by atoms with van der Waals surface area (Å²) in [5.41, 5.74) is 5.10. The first-order valence-corrected chi connectivity index (χ1v) is 8.88. The molecule has 0 aliphatic carbocycles. The predicted molar refractivity (Wildman–Crippen MR) is 122 cm³/mol. The number of para-hydroxylation sites is 1. The molecule has 3 rings (SSSR count). The Morgan fingerprint density at radius 3 is 2.43 bits per heavy atom. The number of hydrogen-bond acceptors (Lipinski definition) is 2. The summed E-state index contributed by atoms with van der Waals surface area (Å²) >= 11 is 0. The molecule has 0 aliphatic rings. The summed E-state index contributed by atoms with van der Waals surface area (Å²) in [4.78, 5) is 4.24. The highest BCUT2D eigenvalue weighted by Crippen LogP contribution is 2.17. The number of guanidine groups is 1. The van der Waals surface area contributed by atoms with Crippen molar-refractivity contribution >= 4 is 29.9 Å². The molecular weight excluding hydrogens is 468 g/mol. The molecule has 1 heterocycles. The van der Waals surface area contributed by atoms with E-state index in [2.05, 4.69) is 27.6 Å². The average molecular weight is 493 g/mol. The monoisotopic (exact) mass is 493 g/mol. The van der Waals surface area contributed by atoms with Gasteiger partial charge in [-0.25, -0.2) is 9.07 Å². The molecule has 2 aromatic carbocycles. The van der Waals surface area contributed by atoms with E-state index in [-0.39, 0.29) is 29.8 Å². The molecule has 0 atom stereocenters. The van der Waals surface area contributed by atoms with Crippen LogP contribution in [0.3, 0.4) is 0 Å². The van der Waals surface area contributed by atoms with Gasteiger partial charge in [-0.1, -0.05) is 30.3 Å². The van der Waals surface area contributed by atoms with E-state index in [0.717, 1.165) is 28.2 Å². The largest absolute Gasteiger partial charge is 0.352 e. The average Bonchev–Trinajstić information content (AvgIpc) is 2.97. The first kappa shape index (κ1) is 21.9. The lowest BCUT2D eigenvalue weighted by Gasteiger charge is -2.12. The van der Waals surface area contributed by atoms with Gasteiger partial charge in [-0.15, -0.1) is 24.0 Å². The second kappa shape index (κ2) is 10.2. The van der Waals surface area contributed by atoms with Crippen molar-refractivity contribution in [2.24, 2.45) is 4.99 Å². The fraction of sp³-hybridized carbons (Fsp3) is 0.238. The second-order valence-corrected chi connectivity index (χ2v) is 6.31. The highest BCUT2D eigenvalue weighted by molar-refractivity contribution is 14.0. The zero-order valence-corrected chi connectivity index (χ0v) is 18.6. The van der Waals surface area contributed by atoms with E-state index in [1.54, 1.807) is 13.1 Å². The molecule has 1 aromatic heterocycles. The number of benzene rings is 2. The Bertz CT molecular complexity index is 937. The van der Waals surface area contributed by atoms with Gasteiger partial charge in [0.05, 0.1) is 11.4 Å². The Hall–Kier alpha value is -2.42. The maximum atomic E-state index is 13.3. The maximum absolute atomic E-state index is 13.3. The number of aliphatic imine (C=N–C) groups is 1. The van der Waals surface area contributed by atoms with Gasteiger partial charge in [0.1, 0.15) is 5.82 Å². The highest BCUT2D eigenvalue weighted by atomic mass is 127. The lowest BCUT2D eigenvalue weighted by molar-refractivity contribution is 0.624. The lowest BCUT2D eigenvalue weighted by atomic mass is 10.2. The molecule has 0 saturated carbocycles. The molecule has 0 aliphatic heterocycles. The molecule has 5 nitrogen and oxygen atoms in total. The van der Waals surface area contributed by atoms with Crippen molar-refractivity contribution in [3.63, 3.8) is 0 Å². The summed E-state index contributed by atoms with van der Waals surface area (Å²) in [5, 5.41) is 11.2. The predicted octanol–water partition coefficient (Wildman–Crippen LogP) is 4.11. The van der Waals surface area contributed by atoms with Crippen LogP contribution in [0, 0.1) is 19.7 Å². The van der Waals surface area contributed by atoms with Crippen LogP contribution in [0.5, 0.6) is 0 Å². The van der Waals surface area contributed by atoms with Gasteiger partial charge in [0.15, 0.2) is 5.96 Å². The zero-order chi connectivity index (χ0) is 19.2. The lowest BCUT2D eigenvalue weighted by Crippen LogP contribution is -2.36. The van der Waals surface area contributed by atoms with Gasteiger partial charge in [-0.05, 0) is 43.7 Å². The van der Waals surface area contributed by atoms with E-state index in [4.69, 9.17) is 0 Å². The van der Waals surface area contributed by atoms with Crippen molar-refractivity contribution in [1.82, 2.24) is 20.4 Å². The molecule has 0 radical (unpaired) electrons. The van der Waals surface area contributed by atoms with Gasteiger partial charge in [-0.3, -0.25) is 4.99 Å². The Labute approximate surface area is 182 Å². The van der Waals surface area contributed by atoms with Gasteiger partial charge < -0.3 is 10.6 Å². The summed E-state index contributed by atoms with van der Waals surface area (Å²) in [7, 11) is 1.72. The highest BCUT2D eigenvalue weighted by Gasteiger charge is 2.13. The minimum atomic E-state index is -0.239.